The fourth-order valence-electron chi connectivity index (χ4n) is 4.81. The number of aromatic amines is 1. The second kappa shape index (κ2) is 7.85. The lowest BCUT2D eigenvalue weighted by molar-refractivity contribution is -0.0369. The van der Waals surface area contributed by atoms with Crippen molar-refractivity contribution in [2.24, 2.45) is 0 Å². The summed E-state index contributed by atoms with van der Waals surface area (Å²) in [5, 5.41) is 14.9. The summed E-state index contributed by atoms with van der Waals surface area (Å²) in [6.45, 7) is 2.45. The Bertz CT molecular complexity index is 1670. The van der Waals surface area contributed by atoms with Crippen molar-refractivity contribution in [2.75, 3.05) is 12.3 Å². The zero-order valence-corrected chi connectivity index (χ0v) is 19.8. The number of halogens is 2. The van der Waals surface area contributed by atoms with E-state index in [9.17, 15) is 4.79 Å². The lowest BCUT2D eigenvalue weighted by Crippen LogP contribution is -2.19. The van der Waals surface area contributed by atoms with Gasteiger partial charge < -0.3 is 15.5 Å². The maximum absolute atomic E-state index is 15.1. The largest absolute Gasteiger partial charge is 0.394 e. The minimum Gasteiger partial charge on any atom is -0.394 e. The Balaban J connectivity index is 1.70. The Morgan fingerprint density at radius 2 is 2.06 bits per heavy atom. The summed E-state index contributed by atoms with van der Waals surface area (Å²) in [6.07, 6.45) is 4.01. The third-order valence-electron chi connectivity index (χ3n) is 6.38. The normalized spacial score (nSPS) is 16.6. The standard InChI is InChI=1S/C24H20BrFN6O2/c1-11-8-14-21-13(9-16(25)22(14)31-30-11)19(20(27)24(33)29-21)12-5-6-17(26)23-15(12)10-28-32(23)18-4-2-3-7-34-18/h5-6,8-10,18H,2-4,7,27H2,1H3,(H,29,33). The molecule has 8 nitrogen and oxygen atoms in total. The predicted octanol–water partition coefficient (Wildman–Crippen LogP) is 4.98. The molecule has 1 fully saturated rings. The van der Waals surface area contributed by atoms with Crippen LogP contribution in [0.2, 0.25) is 0 Å². The van der Waals surface area contributed by atoms with Crippen LogP contribution in [-0.4, -0.2) is 31.6 Å². The second-order valence-corrected chi connectivity index (χ2v) is 9.39. The third kappa shape index (κ3) is 3.13. The van der Waals surface area contributed by atoms with Crippen LogP contribution < -0.4 is 11.3 Å². The minimum atomic E-state index is -0.430. The van der Waals surface area contributed by atoms with Crippen LogP contribution in [0.15, 0.2) is 39.7 Å². The van der Waals surface area contributed by atoms with Gasteiger partial charge in [-0.2, -0.15) is 10.2 Å². The number of nitrogens with two attached hydrogens (primary N) is 1. The number of nitrogens with one attached hydrogen (secondary N) is 1. The van der Waals surface area contributed by atoms with E-state index >= 15 is 4.39 Å². The van der Waals surface area contributed by atoms with Gasteiger partial charge in [-0.25, -0.2) is 9.07 Å². The molecule has 1 aliphatic heterocycles. The maximum Gasteiger partial charge on any atom is 0.272 e. The van der Waals surface area contributed by atoms with Crippen LogP contribution in [0.4, 0.5) is 10.1 Å². The van der Waals surface area contributed by atoms with E-state index in [1.807, 2.05) is 19.1 Å². The first-order chi connectivity index (χ1) is 16.4. The first kappa shape index (κ1) is 21.2. The van der Waals surface area contributed by atoms with Crippen molar-refractivity contribution >= 4 is 54.3 Å². The van der Waals surface area contributed by atoms with E-state index < -0.39 is 11.4 Å². The van der Waals surface area contributed by atoms with Crippen LogP contribution >= 0.6 is 15.9 Å². The summed E-state index contributed by atoms with van der Waals surface area (Å²) in [6, 6.07) is 6.75. The molecule has 0 aliphatic carbocycles. The number of aromatic nitrogens is 5. The van der Waals surface area contributed by atoms with Crippen molar-refractivity contribution in [3.8, 4) is 11.1 Å². The van der Waals surface area contributed by atoms with Crippen LogP contribution in [0, 0.1) is 12.7 Å². The quantitative estimate of drug-likeness (QED) is 0.316. The highest BCUT2D eigenvalue weighted by molar-refractivity contribution is 9.10. The van der Waals surface area contributed by atoms with Gasteiger partial charge in [0.25, 0.3) is 5.56 Å². The molecule has 1 aliphatic rings. The summed E-state index contributed by atoms with van der Waals surface area (Å²) in [7, 11) is 0. The summed E-state index contributed by atoms with van der Waals surface area (Å²) >= 11 is 3.58. The molecule has 0 radical (unpaired) electrons. The van der Waals surface area contributed by atoms with E-state index in [1.54, 1.807) is 16.9 Å². The van der Waals surface area contributed by atoms with Gasteiger partial charge in [-0.3, -0.25) is 4.79 Å². The number of nitrogens with zero attached hydrogens (tertiary/aromatic N) is 4. The van der Waals surface area contributed by atoms with E-state index in [2.05, 4.69) is 36.2 Å². The minimum absolute atomic E-state index is 0.0482. The third-order valence-corrected chi connectivity index (χ3v) is 6.98. The summed E-state index contributed by atoms with van der Waals surface area (Å²) in [5.74, 6) is -0.407. The van der Waals surface area contributed by atoms with Gasteiger partial charge in [0.15, 0.2) is 6.23 Å². The Morgan fingerprint density at radius 1 is 1.21 bits per heavy atom. The molecule has 172 valence electrons. The molecule has 3 N–H and O–H groups in total. The molecule has 1 saturated heterocycles. The van der Waals surface area contributed by atoms with Crippen molar-refractivity contribution in [3.63, 3.8) is 0 Å². The van der Waals surface area contributed by atoms with Crippen molar-refractivity contribution in [3.05, 3.63) is 56.8 Å². The SMILES string of the molecule is Cc1cc2c(nn1)c(Br)cc1c(-c3ccc(F)c4c3cnn4C3CCCCO3)c(N)c(=O)[nH]c12. The van der Waals surface area contributed by atoms with Crippen molar-refractivity contribution in [1.29, 1.82) is 0 Å². The smallest absolute Gasteiger partial charge is 0.272 e. The molecule has 0 bridgehead atoms. The van der Waals surface area contributed by atoms with Gasteiger partial charge in [0.1, 0.15) is 22.5 Å². The van der Waals surface area contributed by atoms with Gasteiger partial charge >= 0.3 is 0 Å². The highest BCUT2D eigenvalue weighted by Gasteiger charge is 2.24. The molecule has 2 aromatic carbocycles. The van der Waals surface area contributed by atoms with Crippen molar-refractivity contribution < 1.29 is 9.13 Å². The van der Waals surface area contributed by atoms with Crippen LogP contribution in [0.5, 0.6) is 0 Å². The molecule has 0 spiro atoms. The molecular formula is C24H20BrFN6O2. The molecule has 1 unspecified atom stereocenters. The highest BCUT2D eigenvalue weighted by Crippen LogP contribution is 2.41. The molecule has 5 aromatic rings. The Morgan fingerprint density at radius 3 is 2.85 bits per heavy atom. The molecule has 6 rings (SSSR count). The van der Waals surface area contributed by atoms with Gasteiger partial charge in [0.2, 0.25) is 0 Å². The van der Waals surface area contributed by atoms with Gasteiger partial charge in [0, 0.05) is 32.8 Å². The number of hydrogen-bond donors (Lipinski definition) is 2. The van der Waals surface area contributed by atoms with Crippen LogP contribution in [0.1, 0.15) is 31.2 Å². The zero-order valence-electron chi connectivity index (χ0n) is 18.2. The first-order valence-electron chi connectivity index (χ1n) is 11.0. The molecule has 1 atom stereocenters. The average molecular weight is 523 g/mol. The van der Waals surface area contributed by atoms with Crippen molar-refractivity contribution in [1.82, 2.24) is 25.0 Å². The van der Waals surface area contributed by atoms with E-state index in [-0.39, 0.29) is 11.9 Å². The average Bonchev–Trinajstić information content (AvgIpc) is 3.29. The Hall–Kier alpha value is -3.37. The molecule has 0 saturated carbocycles. The lowest BCUT2D eigenvalue weighted by Gasteiger charge is -2.23. The van der Waals surface area contributed by atoms with Gasteiger partial charge in [-0.15, -0.1) is 5.10 Å². The number of anilines is 1. The Kier molecular flexibility index (Phi) is 4.89. The fraction of sp³-hybridized carbons (Fsp3) is 0.250. The topological polar surface area (TPSA) is 112 Å². The molecule has 10 heteroatoms. The zero-order chi connectivity index (χ0) is 23.6. The van der Waals surface area contributed by atoms with Gasteiger partial charge in [-0.05, 0) is 65.9 Å². The van der Waals surface area contributed by atoms with Crippen molar-refractivity contribution in [2.45, 2.75) is 32.4 Å². The van der Waals surface area contributed by atoms with E-state index in [1.165, 1.54) is 6.07 Å². The molecular weight excluding hydrogens is 503 g/mol. The molecule has 4 heterocycles. The summed E-state index contributed by atoms with van der Waals surface area (Å²) in [5.41, 5.74) is 9.36. The number of H-pyrrole nitrogens is 1. The summed E-state index contributed by atoms with van der Waals surface area (Å²) in [4.78, 5) is 15.9. The van der Waals surface area contributed by atoms with E-state index in [0.29, 0.717) is 55.2 Å². The maximum atomic E-state index is 15.1. The van der Waals surface area contributed by atoms with Crippen LogP contribution in [0.3, 0.4) is 0 Å². The highest BCUT2D eigenvalue weighted by atomic mass is 79.9. The second-order valence-electron chi connectivity index (χ2n) is 8.54. The monoisotopic (exact) mass is 522 g/mol. The number of fused-ring (bicyclic) bond motifs is 4. The van der Waals surface area contributed by atoms with Gasteiger partial charge in [0.05, 0.1) is 17.4 Å². The summed E-state index contributed by atoms with van der Waals surface area (Å²) < 4.78 is 23.3. The number of aryl methyl sites for hydroxylation is 1. The number of rotatable bonds is 2. The number of benzene rings is 2. The number of hydrogen-bond acceptors (Lipinski definition) is 6. The molecule has 34 heavy (non-hydrogen) atoms. The van der Waals surface area contributed by atoms with Crippen LogP contribution in [0.25, 0.3) is 43.8 Å². The fourth-order valence-corrected chi connectivity index (χ4v) is 5.33. The number of ether oxygens (including phenoxy) is 1. The Labute approximate surface area is 201 Å². The van der Waals surface area contributed by atoms with Crippen LogP contribution in [-0.2, 0) is 4.74 Å². The van der Waals surface area contributed by atoms with Gasteiger partial charge in [-0.1, -0.05) is 6.07 Å². The number of pyridine rings is 1. The lowest BCUT2D eigenvalue weighted by atomic mass is 9.95. The molecule has 0 amide bonds. The van der Waals surface area contributed by atoms with E-state index in [0.717, 1.165) is 24.6 Å². The van der Waals surface area contributed by atoms with E-state index in [4.69, 9.17) is 10.5 Å². The molecule has 3 aromatic heterocycles. The number of nitrogen functional groups attached to an aromatic ring is 1. The first-order valence-corrected chi connectivity index (χ1v) is 11.8. The predicted molar refractivity (Wildman–Crippen MR) is 132 cm³/mol.